The van der Waals surface area contributed by atoms with Crippen LogP contribution in [0.15, 0.2) is 29.3 Å². The minimum absolute atomic E-state index is 0.206. The number of nitrogens with one attached hydrogen (secondary N) is 2. The highest BCUT2D eigenvalue weighted by Gasteiger charge is 2.42. The average molecular weight is 346 g/mol. The zero-order chi connectivity index (χ0) is 18.3. The molecule has 0 spiro atoms. The van der Waals surface area contributed by atoms with Crippen LogP contribution in [0.25, 0.3) is 0 Å². The summed E-state index contributed by atoms with van der Waals surface area (Å²) in [7, 11) is 7.07. The quantitative estimate of drug-likeness (QED) is 0.611. The Morgan fingerprint density at radius 2 is 1.92 bits per heavy atom. The minimum atomic E-state index is -0.314. The molecule has 1 aliphatic rings. The van der Waals surface area contributed by atoms with Crippen LogP contribution >= 0.6 is 0 Å². The van der Waals surface area contributed by atoms with Crippen LogP contribution in [-0.4, -0.2) is 51.6 Å². The van der Waals surface area contributed by atoms with Gasteiger partial charge < -0.3 is 20.3 Å². The molecule has 0 aliphatic heterocycles. The van der Waals surface area contributed by atoms with Gasteiger partial charge in [-0.15, -0.1) is 0 Å². The molecule has 2 rings (SSSR count). The zero-order valence-corrected chi connectivity index (χ0v) is 15.8. The number of hydrogen-bond acceptors (Lipinski definition) is 3. The first-order valence-corrected chi connectivity index (χ1v) is 8.80. The smallest absolute Gasteiger partial charge is 0.230 e. The summed E-state index contributed by atoms with van der Waals surface area (Å²) in [6.07, 6.45) is 4.07. The SMILES string of the molecule is CN=C(NCc1ccccc1OC)NCC1(C(=O)N(C)C)CCCC1. The lowest BCUT2D eigenvalue weighted by molar-refractivity contribution is -0.138. The topological polar surface area (TPSA) is 66.0 Å². The van der Waals surface area contributed by atoms with Crippen LogP contribution in [0.2, 0.25) is 0 Å². The second kappa shape index (κ2) is 8.74. The number of para-hydroxylation sites is 1. The minimum Gasteiger partial charge on any atom is -0.496 e. The third-order valence-electron chi connectivity index (χ3n) is 4.88. The molecule has 6 heteroatoms. The van der Waals surface area contributed by atoms with E-state index in [2.05, 4.69) is 15.6 Å². The van der Waals surface area contributed by atoms with Crippen molar-refractivity contribution in [2.45, 2.75) is 32.2 Å². The highest BCUT2D eigenvalue weighted by Crippen LogP contribution is 2.38. The predicted molar refractivity (Wildman–Crippen MR) is 101 cm³/mol. The number of hydrogen-bond donors (Lipinski definition) is 2. The lowest BCUT2D eigenvalue weighted by Crippen LogP contribution is -2.49. The van der Waals surface area contributed by atoms with E-state index in [0.717, 1.165) is 37.0 Å². The van der Waals surface area contributed by atoms with Gasteiger partial charge in [-0.05, 0) is 18.9 Å². The van der Waals surface area contributed by atoms with Gasteiger partial charge in [0.25, 0.3) is 0 Å². The normalized spacial score (nSPS) is 16.4. The van der Waals surface area contributed by atoms with E-state index < -0.39 is 0 Å². The van der Waals surface area contributed by atoms with Crippen molar-refractivity contribution in [3.63, 3.8) is 0 Å². The Morgan fingerprint density at radius 3 is 2.52 bits per heavy atom. The van der Waals surface area contributed by atoms with E-state index in [1.807, 2.05) is 38.4 Å². The largest absolute Gasteiger partial charge is 0.496 e. The van der Waals surface area contributed by atoms with Crippen LogP contribution in [0, 0.1) is 5.41 Å². The summed E-state index contributed by atoms with van der Waals surface area (Å²) in [4.78, 5) is 18.6. The lowest BCUT2D eigenvalue weighted by Gasteiger charge is -2.31. The van der Waals surface area contributed by atoms with E-state index in [1.54, 1.807) is 19.1 Å². The third-order valence-corrected chi connectivity index (χ3v) is 4.88. The molecule has 0 bridgehead atoms. The maximum atomic E-state index is 12.6. The van der Waals surface area contributed by atoms with Crippen molar-refractivity contribution in [3.05, 3.63) is 29.8 Å². The van der Waals surface area contributed by atoms with Gasteiger partial charge in [0.05, 0.1) is 12.5 Å². The molecule has 138 valence electrons. The van der Waals surface area contributed by atoms with E-state index in [1.165, 1.54) is 0 Å². The van der Waals surface area contributed by atoms with Crippen molar-refractivity contribution in [2.75, 3.05) is 34.8 Å². The molecule has 1 aromatic carbocycles. The Balaban J connectivity index is 1.96. The first-order valence-electron chi connectivity index (χ1n) is 8.80. The van der Waals surface area contributed by atoms with Gasteiger partial charge in [-0.1, -0.05) is 31.0 Å². The number of carbonyl (C=O) groups is 1. The van der Waals surface area contributed by atoms with Gasteiger partial charge in [0.2, 0.25) is 5.91 Å². The highest BCUT2D eigenvalue weighted by molar-refractivity contribution is 5.85. The molecule has 25 heavy (non-hydrogen) atoms. The van der Waals surface area contributed by atoms with Gasteiger partial charge in [0, 0.05) is 39.8 Å². The molecule has 0 atom stereocenters. The predicted octanol–water partition coefficient (Wildman–Crippen LogP) is 2.01. The fraction of sp³-hybridized carbons (Fsp3) is 0.579. The van der Waals surface area contributed by atoms with Gasteiger partial charge in [0.1, 0.15) is 5.75 Å². The standard InChI is InChI=1S/C19H30N4O2/c1-20-18(21-13-15-9-5-6-10-16(15)25-4)22-14-19(11-7-8-12-19)17(24)23(2)3/h5-6,9-10H,7-8,11-14H2,1-4H3,(H2,20,21,22). The van der Waals surface area contributed by atoms with Crippen molar-refractivity contribution in [1.29, 1.82) is 0 Å². The molecule has 6 nitrogen and oxygen atoms in total. The summed E-state index contributed by atoms with van der Waals surface area (Å²) in [6, 6.07) is 7.90. The van der Waals surface area contributed by atoms with Crippen molar-refractivity contribution in [3.8, 4) is 5.75 Å². The van der Waals surface area contributed by atoms with Crippen molar-refractivity contribution >= 4 is 11.9 Å². The maximum Gasteiger partial charge on any atom is 0.230 e. The van der Waals surface area contributed by atoms with E-state index in [4.69, 9.17) is 4.74 Å². The van der Waals surface area contributed by atoms with Gasteiger partial charge in [-0.3, -0.25) is 9.79 Å². The van der Waals surface area contributed by atoms with Crippen LogP contribution in [0.3, 0.4) is 0 Å². The Labute approximate surface area is 150 Å². The Kier molecular flexibility index (Phi) is 6.67. The summed E-state index contributed by atoms with van der Waals surface area (Å²) >= 11 is 0. The van der Waals surface area contributed by atoms with Crippen LogP contribution in [0.4, 0.5) is 0 Å². The number of benzene rings is 1. The van der Waals surface area contributed by atoms with Gasteiger partial charge in [-0.25, -0.2) is 0 Å². The molecular weight excluding hydrogens is 316 g/mol. The molecule has 1 amide bonds. The molecule has 0 radical (unpaired) electrons. The second-order valence-corrected chi connectivity index (χ2v) is 6.78. The molecule has 1 saturated carbocycles. The fourth-order valence-corrected chi connectivity index (χ4v) is 3.49. The monoisotopic (exact) mass is 346 g/mol. The molecule has 0 unspecified atom stereocenters. The molecule has 0 saturated heterocycles. The number of guanidine groups is 1. The number of ether oxygens (including phenoxy) is 1. The summed E-state index contributed by atoms with van der Waals surface area (Å²) < 4.78 is 5.38. The van der Waals surface area contributed by atoms with E-state index in [-0.39, 0.29) is 11.3 Å². The van der Waals surface area contributed by atoms with Crippen LogP contribution in [0.5, 0.6) is 5.75 Å². The van der Waals surface area contributed by atoms with Gasteiger partial charge in [0.15, 0.2) is 5.96 Å². The van der Waals surface area contributed by atoms with Crippen molar-refractivity contribution in [2.24, 2.45) is 10.4 Å². The molecule has 0 aromatic heterocycles. The first-order chi connectivity index (χ1) is 12.0. The van der Waals surface area contributed by atoms with Crippen molar-refractivity contribution < 1.29 is 9.53 Å². The summed E-state index contributed by atoms with van der Waals surface area (Å²) in [5, 5.41) is 6.65. The van der Waals surface area contributed by atoms with E-state index in [9.17, 15) is 4.79 Å². The molecule has 1 fully saturated rings. The van der Waals surface area contributed by atoms with E-state index in [0.29, 0.717) is 19.0 Å². The van der Waals surface area contributed by atoms with E-state index >= 15 is 0 Å². The molecule has 2 N–H and O–H groups in total. The molecular formula is C19H30N4O2. The van der Waals surface area contributed by atoms with Gasteiger partial charge >= 0.3 is 0 Å². The van der Waals surface area contributed by atoms with Crippen LogP contribution in [-0.2, 0) is 11.3 Å². The summed E-state index contributed by atoms with van der Waals surface area (Å²) in [5.74, 6) is 1.75. The average Bonchev–Trinajstić information content (AvgIpc) is 3.11. The zero-order valence-electron chi connectivity index (χ0n) is 15.8. The summed E-state index contributed by atoms with van der Waals surface area (Å²) in [6.45, 7) is 1.22. The van der Waals surface area contributed by atoms with Crippen LogP contribution in [0.1, 0.15) is 31.2 Å². The number of nitrogens with zero attached hydrogens (tertiary/aromatic N) is 2. The summed E-state index contributed by atoms with van der Waals surface area (Å²) in [5.41, 5.74) is 0.749. The Bertz CT molecular complexity index is 607. The van der Waals surface area contributed by atoms with Gasteiger partial charge in [-0.2, -0.15) is 0 Å². The number of amides is 1. The molecule has 1 aromatic rings. The number of rotatable bonds is 6. The van der Waals surface area contributed by atoms with Crippen LogP contribution < -0.4 is 15.4 Å². The number of carbonyl (C=O) groups excluding carboxylic acids is 1. The first kappa shape index (κ1) is 19.1. The third kappa shape index (κ3) is 4.65. The molecule has 1 aliphatic carbocycles. The Hall–Kier alpha value is -2.24. The second-order valence-electron chi connectivity index (χ2n) is 6.78. The fourth-order valence-electron chi connectivity index (χ4n) is 3.49. The van der Waals surface area contributed by atoms with Crippen molar-refractivity contribution in [1.82, 2.24) is 15.5 Å². The lowest BCUT2D eigenvalue weighted by atomic mass is 9.84. The number of aliphatic imine (C=N–C) groups is 1. The maximum absolute atomic E-state index is 12.6. The molecule has 0 heterocycles. The highest BCUT2D eigenvalue weighted by atomic mass is 16.5. The number of methoxy groups -OCH3 is 1. The Morgan fingerprint density at radius 1 is 1.24 bits per heavy atom.